The van der Waals surface area contributed by atoms with Gasteiger partial charge in [-0.15, -0.1) is 0 Å². The predicted molar refractivity (Wildman–Crippen MR) is 60.3 cm³/mol. The van der Waals surface area contributed by atoms with Crippen molar-refractivity contribution in [2.45, 2.75) is 58.6 Å². The Morgan fingerprint density at radius 1 is 1.08 bits per heavy atom. The first-order chi connectivity index (χ1) is 5.91. The van der Waals surface area contributed by atoms with Crippen molar-refractivity contribution in [3.8, 4) is 0 Å². The first-order valence-electron chi connectivity index (χ1n) is 5.53. The molecule has 0 spiro atoms. The molecule has 0 aliphatic heterocycles. The Bertz CT molecular complexity index is 97.2. The fraction of sp³-hybridized carbons (Fsp3) is 0.818. The van der Waals surface area contributed by atoms with Crippen molar-refractivity contribution in [1.82, 2.24) is 0 Å². The molecule has 0 aliphatic carbocycles. The summed E-state index contributed by atoms with van der Waals surface area (Å²) in [7, 11) is 1.45. The molecule has 0 rings (SSSR count). The van der Waals surface area contributed by atoms with E-state index in [4.69, 9.17) is 0 Å². The molecule has 12 heavy (non-hydrogen) atoms. The van der Waals surface area contributed by atoms with E-state index >= 15 is 0 Å². The first kappa shape index (κ1) is 11.8. The number of rotatable bonds is 8. The van der Waals surface area contributed by atoms with Crippen LogP contribution in [0.1, 0.15) is 46.0 Å². The van der Waals surface area contributed by atoms with E-state index in [1.54, 1.807) is 0 Å². The van der Waals surface area contributed by atoms with Crippen LogP contribution in [0.15, 0.2) is 12.2 Å². The Labute approximate surface area is 78.7 Å². The summed E-state index contributed by atoms with van der Waals surface area (Å²) < 4.78 is 0. The minimum atomic E-state index is 1.28. The van der Waals surface area contributed by atoms with E-state index in [2.05, 4.69) is 26.0 Å². The molecule has 0 amide bonds. The zero-order valence-electron chi connectivity index (χ0n) is 8.81. The van der Waals surface area contributed by atoms with E-state index in [9.17, 15) is 0 Å². The summed E-state index contributed by atoms with van der Waals surface area (Å²) in [4.78, 5) is 0. The Morgan fingerprint density at radius 2 is 1.83 bits per heavy atom. The molecule has 0 saturated heterocycles. The molecule has 1 heteroatoms. The quantitative estimate of drug-likeness (QED) is 0.292. The average Bonchev–Trinajstić information content (AvgIpc) is 2.10. The summed E-state index contributed by atoms with van der Waals surface area (Å²) in [6.45, 7) is 4.37. The van der Waals surface area contributed by atoms with Crippen LogP contribution in [-0.2, 0) is 0 Å². The van der Waals surface area contributed by atoms with E-state index in [1.165, 1.54) is 52.0 Å². The molecule has 0 radical (unpaired) electrons. The Balaban J connectivity index is 2.81. The van der Waals surface area contributed by atoms with E-state index in [1.807, 2.05) is 0 Å². The fourth-order valence-corrected chi connectivity index (χ4v) is 1.39. The van der Waals surface area contributed by atoms with Gasteiger partial charge in [-0.1, -0.05) is 57.4 Å². The van der Waals surface area contributed by atoms with Gasteiger partial charge in [0.2, 0.25) is 0 Å². The minimum Gasteiger partial charge on any atom is -0.0917 e. The molecule has 0 fully saturated rings. The summed E-state index contributed by atoms with van der Waals surface area (Å²) in [6.07, 6.45) is 14.2. The molecular formula is C11H23B. The predicted octanol–water partition coefficient (Wildman–Crippen LogP) is 3.81. The lowest BCUT2D eigenvalue weighted by Crippen LogP contribution is -1.88. The zero-order chi connectivity index (χ0) is 9.07. The Hall–Kier alpha value is -0.195. The van der Waals surface area contributed by atoms with Crippen LogP contribution in [0.3, 0.4) is 0 Å². The highest BCUT2D eigenvalue weighted by molar-refractivity contribution is 6.35. The average molecular weight is 166 g/mol. The second kappa shape index (κ2) is 10.8. The standard InChI is InChI=1S/C11H23B/c1-3-5-7-8-9-11-12-10-6-4-2/h3,5,12H,4,6-11H2,1-2H3/b5-3-. The van der Waals surface area contributed by atoms with Gasteiger partial charge in [-0.05, 0) is 13.3 Å². The van der Waals surface area contributed by atoms with Crippen LogP contribution < -0.4 is 0 Å². The van der Waals surface area contributed by atoms with Crippen molar-refractivity contribution in [1.29, 1.82) is 0 Å². The summed E-state index contributed by atoms with van der Waals surface area (Å²) in [5, 5.41) is 0. The van der Waals surface area contributed by atoms with E-state index in [0.717, 1.165) is 0 Å². The lowest BCUT2D eigenvalue weighted by Gasteiger charge is -1.96. The fourth-order valence-electron chi connectivity index (χ4n) is 1.39. The maximum absolute atomic E-state index is 2.27. The molecule has 0 aromatic carbocycles. The summed E-state index contributed by atoms with van der Waals surface area (Å²) in [5.74, 6) is 0. The van der Waals surface area contributed by atoms with Gasteiger partial charge in [0.1, 0.15) is 7.28 Å². The van der Waals surface area contributed by atoms with Crippen molar-refractivity contribution >= 4 is 7.28 Å². The smallest absolute Gasteiger partial charge is 0.0917 e. The third kappa shape index (κ3) is 9.80. The first-order valence-corrected chi connectivity index (χ1v) is 5.53. The highest BCUT2D eigenvalue weighted by Crippen LogP contribution is 2.03. The third-order valence-electron chi connectivity index (χ3n) is 2.21. The second-order valence-corrected chi connectivity index (χ2v) is 3.48. The van der Waals surface area contributed by atoms with Crippen LogP contribution in [0.5, 0.6) is 0 Å². The van der Waals surface area contributed by atoms with Gasteiger partial charge >= 0.3 is 0 Å². The molecule has 0 aliphatic rings. The molecule has 0 nitrogen and oxygen atoms in total. The van der Waals surface area contributed by atoms with Gasteiger partial charge in [-0.2, -0.15) is 0 Å². The monoisotopic (exact) mass is 166 g/mol. The van der Waals surface area contributed by atoms with Crippen LogP contribution in [0.4, 0.5) is 0 Å². The van der Waals surface area contributed by atoms with E-state index in [-0.39, 0.29) is 0 Å². The van der Waals surface area contributed by atoms with Gasteiger partial charge in [0.15, 0.2) is 0 Å². The number of hydrogen-bond donors (Lipinski definition) is 0. The van der Waals surface area contributed by atoms with Gasteiger partial charge in [-0.25, -0.2) is 0 Å². The Kier molecular flexibility index (Phi) is 10.6. The van der Waals surface area contributed by atoms with Crippen molar-refractivity contribution in [2.75, 3.05) is 0 Å². The maximum atomic E-state index is 2.27. The highest BCUT2D eigenvalue weighted by Gasteiger charge is 1.90. The lowest BCUT2D eigenvalue weighted by molar-refractivity contribution is 0.803. The Morgan fingerprint density at radius 3 is 2.50 bits per heavy atom. The number of hydrogen-bond acceptors (Lipinski definition) is 0. The molecule has 70 valence electrons. The SMILES string of the molecule is C/C=C\CCCCBCCCC. The van der Waals surface area contributed by atoms with Crippen LogP contribution in [0, 0.1) is 0 Å². The molecule has 0 aromatic rings. The third-order valence-corrected chi connectivity index (χ3v) is 2.21. The van der Waals surface area contributed by atoms with Crippen LogP contribution >= 0.6 is 0 Å². The van der Waals surface area contributed by atoms with Gasteiger partial charge in [0, 0.05) is 0 Å². The van der Waals surface area contributed by atoms with Crippen molar-refractivity contribution in [3.63, 3.8) is 0 Å². The molecule has 0 aromatic heterocycles. The van der Waals surface area contributed by atoms with Crippen molar-refractivity contribution < 1.29 is 0 Å². The summed E-state index contributed by atoms with van der Waals surface area (Å²) in [6, 6.07) is 0. The van der Waals surface area contributed by atoms with Gasteiger partial charge in [0.05, 0.1) is 0 Å². The normalized spacial score (nSPS) is 10.8. The zero-order valence-corrected chi connectivity index (χ0v) is 8.81. The largest absolute Gasteiger partial charge is 0.120 e. The second-order valence-electron chi connectivity index (χ2n) is 3.48. The number of unbranched alkanes of at least 4 members (excludes halogenated alkanes) is 3. The summed E-state index contributed by atoms with van der Waals surface area (Å²) in [5.41, 5.74) is 0. The summed E-state index contributed by atoms with van der Waals surface area (Å²) >= 11 is 0. The topological polar surface area (TPSA) is 0 Å². The molecule has 0 heterocycles. The van der Waals surface area contributed by atoms with E-state index in [0.29, 0.717) is 0 Å². The molecule has 0 saturated carbocycles. The van der Waals surface area contributed by atoms with Crippen LogP contribution in [-0.4, -0.2) is 7.28 Å². The van der Waals surface area contributed by atoms with Crippen LogP contribution in [0.25, 0.3) is 0 Å². The molecule has 0 unspecified atom stereocenters. The van der Waals surface area contributed by atoms with E-state index < -0.39 is 0 Å². The van der Waals surface area contributed by atoms with Gasteiger partial charge in [0.25, 0.3) is 0 Å². The van der Waals surface area contributed by atoms with Crippen molar-refractivity contribution in [2.24, 2.45) is 0 Å². The molecule has 0 N–H and O–H groups in total. The molecular weight excluding hydrogens is 143 g/mol. The molecule has 0 atom stereocenters. The lowest BCUT2D eigenvalue weighted by atomic mass is 9.68. The minimum absolute atomic E-state index is 1.28. The van der Waals surface area contributed by atoms with Crippen molar-refractivity contribution in [3.05, 3.63) is 12.2 Å². The maximum Gasteiger partial charge on any atom is 0.120 e. The van der Waals surface area contributed by atoms with Gasteiger partial charge in [-0.3, -0.25) is 0 Å². The molecule has 0 bridgehead atoms. The highest BCUT2D eigenvalue weighted by atomic mass is 13.8. The number of allylic oxidation sites excluding steroid dienone is 2. The van der Waals surface area contributed by atoms with Crippen LogP contribution in [0.2, 0.25) is 12.6 Å². The van der Waals surface area contributed by atoms with Gasteiger partial charge < -0.3 is 0 Å².